The maximum atomic E-state index is 10.3. The van der Waals surface area contributed by atoms with Crippen LogP contribution in [0.4, 0.5) is 0 Å². The zero-order valence-corrected chi connectivity index (χ0v) is 13.9. The lowest BCUT2D eigenvalue weighted by molar-refractivity contribution is 0.188. The predicted octanol–water partition coefficient (Wildman–Crippen LogP) is 4.81. The van der Waals surface area contributed by atoms with E-state index in [4.69, 9.17) is 0 Å². The van der Waals surface area contributed by atoms with E-state index in [2.05, 4.69) is 39.1 Å². The van der Waals surface area contributed by atoms with Crippen LogP contribution in [0.15, 0.2) is 12.1 Å². The molecule has 3 atom stereocenters. The first-order chi connectivity index (χ1) is 9.87. The largest absolute Gasteiger partial charge is 0.508 e. The van der Waals surface area contributed by atoms with Gasteiger partial charge in [-0.1, -0.05) is 33.3 Å². The molecule has 2 aliphatic carbocycles. The lowest BCUT2D eigenvalue weighted by Crippen LogP contribution is -2.38. The molecule has 1 fully saturated rings. The number of aromatic hydroxyl groups is 1. The molecule has 0 spiro atoms. The van der Waals surface area contributed by atoms with E-state index >= 15 is 0 Å². The summed E-state index contributed by atoms with van der Waals surface area (Å²) in [5.41, 5.74) is 4.33. The van der Waals surface area contributed by atoms with E-state index in [9.17, 15) is 5.11 Å². The molecule has 2 aliphatic rings. The fourth-order valence-electron chi connectivity index (χ4n) is 4.62. The summed E-state index contributed by atoms with van der Waals surface area (Å²) in [4.78, 5) is 0. The molecule has 116 valence electrons. The van der Waals surface area contributed by atoms with Crippen molar-refractivity contribution in [2.75, 3.05) is 0 Å². The summed E-state index contributed by atoms with van der Waals surface area (Å²) in [7, 11) is 0. The molecule has 0 amide bonds. The van der Waals surface area contributed by atoms with Gasteiger partial charge < -0.3 is 10.4 Å². The summed E-state index contributed by atoms with van der Waals surface area (Å²) in [5.74, 6) is 1.02. The van der Waals surface area contributed by atoms with Crippen molar-refractivity contribution in [1.29, 1.82) is 0 Å². The summed E-state index contributed by atoms with van der Waals surface area (Å²) in [6.45, 7) is 9.22. The average Bonchev–Trinajstić information content (AvgIpc) is 2.71. The van der Waals surface area contributed by atoms with Crippen LogP contribution in [-0.4, -0.2) is 11.1 Å². The highest BCUT2D eigenvalue weighted by Gasteiger charge is 2.35. The van der Waals surface area contributed by atoms with Gasteiger partial charge in [-0.3, -0.25) is 0 Å². The molecular weight excluding hydrogens is 258 g/mol. The maximum absolute atomic E-state index is 10.3. The Hall–Kier alpha value is -1.02. The Labute approximate surface area is 129 Å². The Balaban J connectivity index is 1.82. The molecule has 2 heteroatoms. The Morgan fingerprint density at radius 2 is 2.00 bits per heavy atom. The number of aryl methyl sites for hydroxylation is 1. The van der Waals surface area contributed by atoms with E-state index in [0.717, 1.165) is 6.42 Å². The Morgan fingerprint density at radius 1 is 1.24 bits per heavy atom. The minimum Gasteiger partial charge on any atom is -0.508 e. The second kappa shape index (κ2) is 5.31. The predicted molar refractivity (Wildman–Crippen MR) is 87.8 cm³/mol. The third-order valence-corrected chi connectivity index (χ3v) is 5.55. The van der Waals surface area contributed by atoms with E-state index in [-0.39, 0.29) is 0 Å². The summed E-state index contributed by atoms with van der Waals surface area (Å²) < 4.78 is 0. The van der Waals surface area contributed by atoms with Crippen molar-refractivity contribution in [3.8, 4) is 5.75 Å². The molecule has 2 nitrogen and oxygen atoms in total. The number of phenolic OH excluding ortho intramolecular Hbond substituents is 1. The van der Waals surface area contributed by atoms with Crippen molar-refractivity contribution in [3.05, 3.63) is 28.8 Å². The van der Waals surface area contributed by atoms with E-state index in [0.29, 0.717) is 29.2 Å². The molecule has 0 saturated heterocycles. The van der Waals surface area contributed by atoms with Crippen molar-refractivity contribution < 1.29 is 5.11 Å². The van der Waals surface area contributed by atoms with Crippen molar-refractivity contribution in [2.24, 2.45) is 5.41 Å². The van der Waals surface area contributed by atoms with Gasteiger partial charge in [-0.05, 0) is 61.1 Å². The van der Waals surface area contributed by atoms with Crippen molar-refractivity contribution >= 4 is 0 Å². The third kappa shape index (κ3) is 2.83. The molecule has 0 heterocycles. The van der Waals surface area contributed by atoms with Gasteiger partial charge in [0, 0.05) is 17.6 Å². The summed E-state index contributed by atoms with van der Waals surface area (Å²) in [6.07, 6.45) is 6.30. The normalized spacial score (nSPS) is 31.1. The fourth-order valence-corrected chi connectivity index (χ4v) is 4.62. The van der Waals surface area contributed by atoms with Crippen LogP contribution in [-0.2, 0) is 0 Å². The standard InChI is InChI=1S/C19H29NO/c1-12-7-8-16(21)18-15(10-13(2)17(12)18)20-14-6-5-9-19(3,4)11-14/h7-8,13-15,20-21H,5-6,9-11H2,1-4H3. The second-order valence-electron chi connectivity index (χ2n) is 8.04. The quantitative estimate of drug-likeness (QED) is 0.818. The first kappa shape index (κ1) is 14.9. The summed E-state index contributed by atoms with van der Waals surface area (Å²) in [6, 6.07) is 4.84. The monoisotopic (exact) mass is 287 g/mol. The van der Waals surface area contributed by atoms with Crippen molar-refractivity contribution in [2.45, 2.75) is 77.8 Å². The van der Waals surface area contributed by atoms with Crippen LogP contribution < -0.4 is 5.32 Å². The van der Waals surface area contributed by atoms with Gasteiger partial charge in [0.25, 0.3) is 0 Å². The van der Waals surface area contributed by atoms with Gasteiger partial charge in [0.1, 0.15) is 5.75 Å². The van der Waals surface area contributed by atoms with E-state index < -0.39 is 0 Å². The molecular formula is C19H29NO. The van der Waals surface area contributed by atoms with Crippen LogP contribution in [0.1, 0.15) is 81.5 Å². The van der Waals surface area contributed by atoms with Crippen LogP contribution in [0.2, 0.25) is 0 Å². The van der Waals surface area contributed by atoms with Crippen molar-refractivity contribution in [3.63, 3.8) is 0 Å². The Morgan fingerprint density at radius 3 is 2.71 bits per heavy atom. The average molecular weight is 287 g/mol. The number of hydrogen-bond donors (Lipinski definition) is 2. The molecule has 21 heavy (non-hydrogen) atoms. The molecule has 0 bridgehead atoms. The number of nitrogens with one attached hydrogen (secondary N) is 1. The summed E-state index contributed by atoms with van der Waals surface area (Å²) in [5, 5.41) is 14.2. The summed E-state index contributed by atoms with van der Waals surface area (Å²) >= 11 is 0. The Kier molecular flexibility index (Phi) is 3.77. The number of phenols is 1. The Bertz CT molecular complexity index is 535. The number of hydrogen-bond acceptors (Lipinski definition) is 2. The molecule has 0 aromatic heterocycles. The topological polar surface area (TPSA) is 32.3 Å². The van der Waals surface area contributed by atoms with Crippen LogP contribution in [0.5, 0.6) is 5.75 Å². The van der Waals surface area contributed by atoms with Gasteiger partial charge in [0.2, 0.25) is 0 Å². The molecule has 2 N–H and O–H groups in total. The van der Waals surface area contributed by atoms with Gasteiger partial charge in [-0.25, -0.2) is 0 Å². The van der Waals surface area contributed by atoms with Crippen LogP contribution >= 0.6 is 0 Å². The minimum atomic E-state index is 0.328. The maximum Gasteiger partial charge on any atom is 0.120 e. The molecule has 0 radical (unpaired) electrons. The van der Waals surface area contributed by atoms with Gasteiger partial charge >= 0.3 is 0 Å². The number of rotatable bonds is 2. The van der Waals surface area contributed by atoms with Crippen molar-refractivity contribution in [1.82, 2.24) is 5.32 Å². The van der Waals surface area contributed by atoms with Crippen LogP contribution in [0.3, 0.4) is 0 Å². The lowest BCUT2D eigenvalue weighted by Gasteiger charge is -2.37. The van der Waals surface area contributed by atoms with Crippen LogP contribution in [0.25, 0.3) is 0 Å². The molecule has 3 rings (SSSR count). The molecule has 1 aromatic rings. The smallest absolute Gasteiger partial charge is 0.120 e. The van der Waals surface area contributed by atoms with Gasteiger partial charge in [0.15, 0.2) is 0 Å². The zero-order valence-electron chi connectivity index (χ0n) is 13.9. The SMILES string of the molecule is Cc1ccc(O)c2c1C(C)CC2NC1CCCC(C)(C)C1. The van der Waals surface area contributed by atoms with Gasteiger partial charge in [0.05, 0.1) is 0 Å². The molecule has 1 saturated carbocycles. The highest BCUT2D eigenvalue weighted by molar-refractivity contribution is 5.50. The fraction of sp³-hybridized carbons (Fsp3) is 0.684. The number of fused-ring (bicyclic) bond motifs is 1. The highest BCUT2D eigenvalue weighted by Crippen LogP contribution is 2.47. The lowest BCUT2D eigenvalue weighted by atomic mass is 9.75. The van der Waals surface area contributed by atoms with E-state index in [1.165, 1.54) is 42.4 Å². The minimum absolute atomic E-state index is 0.328. The molecule has 3 unspecified atom stereocenters. The first-order valence-corrected chi connectivity index (χ1v) is 8.46. The van der Waals surface area contributed by atoms with E-state index in [1.807, 2.05) is 6.07 Å². The van der Waals surface area contributed by atoms with Crippen LogP contribution in [0, 0.1) is 12.3 Å². The van der Waals surface area contributed by atoms with E-state index in [1.54, 1.807) is 0 Å². The van der Waals surface area contributed by atoms with Gasteiger partial charge in [-0.15, -0.1) is 0 Å². The highest BCUT2D eigenvalue weighted by atomic mass is 16.3. The first-order valence-electron chi connectivity index (χ1n) is 8.46. The zero-order chi connectivity index (χ0) is 15.2. The second-order valence-corrected chi connectivity index (χ2v) is 8.04. The van der Waals surface area contributed by atoms with Gasteiger partial charge in [-0.2, -0.15) is 0 Å². The molecule has 0 aliphatic heterocycles. The number of benzene rings is 1. The molecule has 1 aromatic carbocycles. The third-order valence-electron chi connectivity index (χ3n) is 5.55.